The predicted octanol–water partition coefficient (Wildman–Crippen LogP) is 0.331. The molecule has 0 saturated carbocycles. The van der Waals surface area contributed by atoms with Crippen molar-refractivity contribution in [1.29, 1.82) is 0 Å². The Balaban J connectivity index is 3.77. The van der Waals surface area contributed by atoms with Gasteiger partial charge in [-0.05, 0) is 6.92 Å². The number of carbonyl (C=O) groups excluding carboxylic acids is 2. The van der Waals surface area contributed by atoms with E-state index in [2.05, 4.69) is 14.2 Å². The maximum atomic E-state index is 10.6. The van der Waals surface area contributed by atoms with Gasteiger partial charge in [0.2, 0.25) is 0 Å². The van der Waals surface area contributed by atoms with Crippen molar-refractivity contribution in [2.45, 2.75) is 13.0 Å². The molecule has 0 aliphatic rings. The summed E-state index contributed by atoms with van der Waals surface area (Å²) < 4.78 is 12.8. The van der Waals surface area contributed by atoms with Crippen LogP contribution in [0, 0.1) is 0 Å². The Bertz CT molecular complexity index is 153. The first-order valence-electron chi connectivity index (χ1n) is 2.94. The van der Waals surface area contributed by atoms with E-state index in [0.717, 1.165) is 7.11 Å². The molecule has 5 nitrogen and oxygen atoms in total. The van der Waals surface area contributed by atoms with Crippen molar-refractivity contribution in [2.75, 3.05) is 14.2 Å². The van der Waals surface area contributed by atoms with Crippen LogP contribution in [0.15, 0.2) is 0 Å². The third kappa shape index (κ3) is 3.44. The molecule has 0 unspecified atom stereocenters. The minimum atomic E-state index is -0.924. The maximum absolute atomic E-state index is 10.6. The molecule has 0 heterocycles. The molecule has 0 fully saturated rings. The molecule has 0 spiro atoms. The molecule has 0 aliphatic heterocycles. The van der Waals surface area contributed by atoms with Gasteiger partial charge in [0.1, 0.15) is 0 Å². The van der Waals surface area contributed by atoms with Crippen molar-refractivity contribution < 1.29 is 23.8 Å². The Hall–Kier alpha value is -1.26. The van der Waals surface area contributed by atoms with Gasteiger partial charge in [-0.25, -0.2) is 9.59 Å². The van der Waals surface area contributed by atoms with Crippen LogP contribution in [0.25, 0.3) is 0 Å². The number of esters is 1. The van der Waals surface area contributed by atoms with E-state index in [9.17, 15) is 9.59 Å². The standard InChI is InChI=1S/C6H10O5/c1-4(5(7)9-2)11-6(8)10-3/h4H,1-3H3/t4-/m1/s1. The molecular weight excluding hydrogens is 152 g/mol. The highest BCUT2D eigenvalue weighted by Gasteiger charge is 2.17. The van der Waals surface area contributed by atoms with Crippen LogP contribution in [-0.2, 0) is 19.0 Å². The Morgan fingerprint density at radius 1 is 1.18 bits per heavy atom. The van der Waals surface area contributed by atoms with Crippen LogP contribution in [0.3, 0.4) is 0 Å². The molecule has 0 aliphatic carbocycles. The fourth-order valence-corrected chi connectivity index (χ4v) is 0.407. The number of hydrogen-bond acceptors (Lipinski definition) is 5. The minimum Gasteiger partial charge on any atom is -0.466 e. The lowest BCUT2D eigenvalue weighted by atomic mass is 10.4. The van der Waals surface area contributed by atoms with E-state index < -0.39 is 18.2 Å². The molecule has 0 amide bonds. The quantitative estimate of drug-likeness (QED) is 0.547. The van der Waals surface area contributed by atoms with E-state index in [1.54, 1.807) is 0 Å². The van der Waals surface area contributed by atoms with E-state index in [1.807, 2.05) is 0 Å². The van der Waals surface area contributed by atoms with E-state index in [0.29, 0.717) is 0 Å². The van der Waals surface area contributed by atoms with Gasteiger partial charge in [-0.3, -0.25) is 0 Å². The predicted molar refractivity (Wildman–Crippen MR) is 35.0 cm³/mol. The average molecular weight is 162 g/mol. The number of methoxy groups -OCH3 is 2. The molecular formula is C6H10O5. The van der Waals surface area contributed by atoms with Gasteiger partial charge in [0.05, 0.1) is 14.2 Å². The second-order valence-electron chi connectivity index (χ2n) is 1.74. The Morgan fingerprint density at radius 2 is 1.73 bits per heavy atom. The summed E-state index contributed by atoms with van der Waals surface area (Å²) in [6.07, 6.45) is -1.82. The van der Waals surface area contributed by atoms with E-state index in [1.165, 1.54) is 14.0 Å². The number of hydrogen-bond donors (Lipinski definition) is 0. The number of rotatable bonds is 2. The van der Waals surface area contributed by atoms with Gasteiger partial charge in [-0.1, -0.05) is 0 Å². The third-order valence-electron chi connectivity index (χ3n) is 0.973. The normalized spacial score (nSPS) is 11.5. The van der Waals surface area contributed by atoms with Crippen LogP contribution in [0.4, 0.5) is 4.79 Å². The van der Waals surface area contributed by atoms with Gasteiger partial charge in [0, 0.05) is 0 Å². The summed E-state index contributed by atoms with van der Waals surface area (Å²) in [6.45, 7) is 1.39. The first kappa shape index (κ1) is 9.74. The zero-order chi connectivity index (χ0) is 8.85. The lowest BCUT2D eigenvalue weighted by Crippen LogP contribution is -2.25. The Morgan fingerprint density at radius 3 is 2.09 bits per heavy atom. The lowest BCUT2D eigenvalue weighted by molar-refractivity contribution is -0.150. The summed E-state index contributed by atoms with van der Waals surface area (Å²) in [5.74, 6) is -0.615. The van der Waals surface area contributed by atoms with Gasteiger partial charge >= 0.3 is 12.1 Å². The summed E-state index contributed by atoms with van der Waals surface area (Å²) in [7, 11) is 2.37. The Kier molecular flexibility index (Phi) is 4.02. The highest BCUT2D eigenvalue weighted by Crippen LogP contribution is 1.95. The van der Waals surface area contributed by atoms with Crippen LogP contribution in [-0.4, -0.2) is 32.4 Å². The number of ether oxygens (including phenoxy) is 3. The van der Waals surface area contributed by atoms with Crippen molar-refractivity contribution in [3.05, 3.63) is 0 Å². The second-order valence-corrected chi connectivity index (χ2v) is 1.74. The zero-order valence-corrected chi connectivity index (χ0v) is 6.62. The molecule has 64 valence electrons. The van der Waals surface area contributed by atoms with Gasteiger partial charge in [-0.15, -0.1) is 0 Å². The fourth-order valence-electron chi connectivity index (χ4n) is 0.407. The van der Waals surface area contributed by atoms with Gasteiger partial charge in [-0.2, -0.15) is 0 Å². The molecule has 0 bridgehead atoms. The summed E-state index contributed by atoms with van der Waals surface area (Å²) in [6, 6.07) is 0. The summed E-state index contributed by atoms with van der Waals surface area (Å²) in [5, 5.41) is 0. The first-order valence-corrected chi connectivity index (χ1v) is 2.94. The zero-order valence-electron chi connectivity index (χ0n) is 6.62. The highest BCUT2D eigenvalue weighted by atomic mass is 16.7. The summed E-state index contributed by atoms with van der Waals surface area (Å²) in [5.41, 5.74) is 0. The highest BCUT2D eigenvalue weighted by molar-refractivity contribution is 5.76. The number of carbonyl (C=O) groups is 2. The molecule has 0 aromatic heterocycles. The molecule has 0 aromatic rings. The van der Waals surface area contributed by atoms with Gasteiger partial charge < -0.3 is 14.2 Å². The molecule has 0 rings (SSSR count). The van der Waals surface area contributed by atoms with Crippen molar-refractivity contribution in [2.24, 2.45) is 0 Å². The molecule has 0 saturated heterocycles. The maximum Gasteiger partial charge on any atom is 0.508 e. The SMILES string of the molecule is COC(=O)O[C@H](C)C(=O)OC. The van der Waals surface area contributed by atoms with Crippen LogP contribution in [0.1, 0.15) is 6.92 Å². The van der Waals surface area contributed by atoms with E-state index in [4.69, 9.17) is 0 Å². The van der Waals surface area contributed by atoms with E-state index >= 15 is 0 Å². The van der Waals surface area contributed by atoms with Crippen molar-refractivity contribution in [3.63, 3.8) is 0 Å². The second kappa shape index (κ2) is 4.54. The molecule has 5 heteroatoms. The topological polar surface area (TPSA) is 61.8 Å². The van der Waals surface area contributed by atoms with Crippen LogP contribution in [0.5, 0.6) is 0 Å². The summed E-state index contributed by atoms with van der Waals surface area (Å²) in [4.78, 5) is 21.0. The smallest absolute Gasteiger partial charge is 0.466 e. The molecule has 0 aromatic carbocycles. The van der Waals surface area contributed by atoms with Gasteiger partial charge in [0.25, 0.3) is 0 Å². The largest absolute Gasteiger partial charge is 0.508 e. The third-order valence-corrected chi connectivity index (χ3v) is 0.973. The lowest BCUT2D eigenvalue weighted by Gasteiger charge is -2.08. The van der Waals surface area contributed by atoms with E-state index in [-0.39, 0.29) is 0 Å². The van der Waals surface area contributed by atoms with Crippen molar-refractivity contribution >= 4 is 12.1 Å². The summed E-state index contributed by atoms with van der Waals surface area (Å²) >= 11 is 0. The first-order chi connectivity index (χ1) is 5.11. The molecule has 0 radical (unpaired) electrons. The molecule has 11 heavy (non-hydrogen) atoms. The molecule has 0 N–H and O–H groups in total. The molecule has 1 atom stereocenters. The van der Waals surface area contributed by atoms with Crippen LogP contribution in [0.2, 0.25) is 0 Å². The average Bonchev–Trinajstić information content (AvgIpc) is 2.02. The fraction of sp³-hybridized carbons (Fsp3) is 0.667. The van der Waals surface area contributed by atoms with Crippen molar-refractivity contribution in [1.82, 2.24) is 0 Å². The minimum absolute atomic E-state index is 0.615. The Labute approximate surface area is 64.2 Å². The monoisotopic (exact) mass is 162 g/mol. The van der Waals surface area contributed by atoms with Crippen LogP contribution < -0.4 is 0 Å². The van der Waals surface area contributed by atoms with Gasteiger partial charge in [0.15, 0.2) is 6.10 Å². The van der Waals surface area contributed by atoms with Crippen LogP contribution >= 0.6 is 0 Å². The van der Waals surface area contributed by atoms with Crippen molar-refractivity contribution in [3.8, 4) is 0 Å².